The molecule has 1 heterocycles. The highest BCUT2D eigenvalue weighted by Crippen LogP contribution is 2.19. The molecule has 0 amide bonds. The van der Waals surface area contributed by atoms with E-state index in [1.54, 1.807) is 0 Å². The topological polar surface area (TPSA) is 28.7 Å². The van der Waals surface area contributed by atoms with Gasteiger partial charge in [0, 0.05) is 11.1 Å². The number of nitrogens with one attached hydrogen (secondary N) is 1. The van der Waals surface area contributed by atoms with Gasteiger partial charge in [0.25, 0.3) is 0 Å². The zero-order chi connectivity index (χ0) is 9.97. The number of rotatable bonds is 3. The maximum Gasteiger partial charge on any atom is 0.0923 e. The number of para-hydroxylation sites is 1. The maximum atomic E-state index is 4.28. The number of fused-ring (bicyclic) bond motifs is 1. The van der Waals surface area contributed by atoms with Crippen LogP contribution in [-0.2, 0) is 6.42 Å². The Kier molecular flexibility index (Phi) is 2.53. The average molecular weight is 188 g/mol. The van der Waals surface area contributed by atoms with Crippen molar-refractivity contribution >= 4 is 10.9 Å². The molecule has 1 unspecified atom stereocenters. The first-order valence-electron chi connectivity index (χ1n) is 5.23. The Morgan fingerprint density at radius 2 is 2.14 bits per heavy atom. The molecule has 1 aromatic carbocycles. The maximum absolute atomic E-state index is 4.28. The molecule has 2 rings (SSSR count). The van der Waals surface area contributed by atoms with Crippen molar-refractivity contribution < 1.29 is 0 Å². The molecule has 0 saturated carbocycles. The molecule has 0 spiro atoms. The number of aromatic amines is 1. The molecule has 1 N–H and O–H groups in total. The largest absolute Gasteiger partial charge is 0.281 e. The van der Waals surface area contributed by atoms with E-state index in [4.69, 9.17) is 0 Å². The summed E-state index contributed by atoms with van der Waals surface area (Å²) in [6, 6.07) is 8.27. The summed E-state index contributed by atoms with van der Waals surface area (Å²) in [6.45, 7) is 4.50. The molecule has 0 aliphatic heterocycles. The summed E-state index contributed by atoms with van der Waals surface area (Å²) in [5, 5.41) is 8.68. The van der Waals surface area contributed by atoms with Gasteiger partial charge in [-0.1, -0.05) is 38.5 Å². The molecule has 74 valence electrons. The van der Waals surface area contributed by atoms with E-state index in [9.17, 15) is 0 Å². The second-order valence-electron chi connectivity index (χ2n) is 3.94. The number of hydrogen-bond donors (Lipinski definition) is 1. The Balaban J connectivity index is 2.33. The molecule has 0 saturated heterocycles. The number of nitrogens with zero attached hydrogens (tertiary/aromatic N) is 1. The Labute approximate surface area is 84.3 Å². The van der Waals surface area contributed by atoms with Gasteiger partial charge in [0.15, 0.2) is 0 Å². The molecule has 14 heavy (non-hydrogen) atoms. The van der Waals surface area contributed by atoms with Crippen molar-refractivity contribution in [1.82, 2.24) is 10.2 Å². The summed E-state index contributed by atoms with van der Waals surface area (Å²) >= 11 is 0. The first-order valence-corrected chi connectivity index (χ1v) is 5.23. The quantitative estimate of drug-likeness (QED) is 0.787. The Morgan fingerprint density at radius 3 is 2.93 bits per heavy atom. The smallest absolute Gasteiger partial charge is 0.0923 e. The predicted molar refractivity (Wildman–Crippen MR) is 59.3 cm³/mol. The third kappa shape index (κ3) is 1.65. The standard InChI is InChI=1S/C12H16N2/c1-3-9(2)8-12-10-6-4-5-7-11(10)13-14-12/h4-7,9H,3,8H2,1-2H3,(H,13,14). The summed E-state index contributed by atoms with van der Waals surface area (Å²) in [6.07, 6.45) is 2.31. The van der Waals surface area contributed by atoms with Crippen molar-refractivity contribution in [2.45, 2.75) is 26.7 Å². The SMILES string of the molecule is CCC(C)Cc1[nH]nc2ccccc12. The summed E-state index contributed by atoms with van der Waals surface area (Å²) in [5.41, 5.74) is 2.35. The lowest BCUT2D eigenvalue weighted by Gasteiger charge is -2.05. The van der Waals surface area contributed by atoms with Gasteiger partial charge in [-0.2, -0.15) is 5.10 Å². The molecule has 1 atom stereocenters. The zero-order valence-corrected chi connectivity index (χ0v) is 8.75. The highest BCUT2D eigenvalue weighted by atomic mass is 15.1. The van der Waals surface area contributed by atoms with Gasteiger partial charge in [0.05, 0.1) is 5.52 Å². The van der Waals surface area contributed by atoms with E-state index in [1.807, 2.05) is 12.1 Å². The lowest BCUT2D eigenvalue weighted by atomic mass is 10.0. The Hall–Kier alpha value is -1.31. The first-order chi connectivity index (χ1) is 6.81. The molecular formula is C12H16N2. The minimum Gasteiger partial charge on any atom is -0.281 e. The molecule has 2 aromatic rings. The van der Waals surface area contributed by atoms with Gasteiger partial charge >= 0.3 is 0 Å². The first kappa shape index (κ1) is 9.25. The van der Waals surface area contributed by atoms with Crippen LogP contribution in [0.4, 0.5) is 0 Å². The highest BCUT2D eigenvalue weighted by molar-refractivity contribution is 5.81. The zero-order valence-electron chi connectivity index (χ0n) is 8.75. The molecule has 0 aliphatic carbocycles. The van der Waals surface area contributed by atoms with E-state index in [0.29, 0.717) is 0 Å². The predicted octanol–water partition coefficient (Wildman–Crippen LogP) is 3.15. The molecule has 2 nitrogen and oxygen atoms in total. The van der Waals surface area contributed by atoms with Gasteiger partial charge in [-0.15, -0.1) is 0 Å². The van der Waals surface area contributed by atoms with Crippen molar-refractivity contribution in [3.8, 4) is 0 Å². The fourth-order valence-electron chi connectivity index (χ4n) is 1.66. The van der Waals surface area contributed by atoms with Gasteiger partial charge in [-0.05, 0) is 18.4 Å². The summed E-state index contributed by atoms with van der Waals surface area (Å²) in [7, 11) is 0. The van der Waals surface area contributed by atoms with Crippen molar-refractivity contribution in [1.29, 1.82) is 0 Å². The molecule has 0 bridgehead atoms. The van der Waals surface area contributed by atoms with Gasteiger partial charge in [-0.3, -0.25) is 5.10 Å². The molecule has 1 aromatic heterocycles. The third-order valence-corrected chi connectivity index (χ3v) is 2.79. The number of H-pyrrole nitrogens is 1. The van der Waals surface area contributed by atoms with Crippen molar-refractivity contribution in [3.63, 3.8) is 0 Å². The monoisotopic (exact) mass is 188 g/mol. The molecule has 0 radical (unpaired) electrons. The molecule has 0 fully saturated rings. The fourth-order valence-corrected chi connectivity index (χ4v) is 1.66. The van der Waals surface area contributed by atoms with Crippen LogP contribution in [0.15, 0.2) is 24.3 Å². The van der Waals surface area contributed by atoms with Crippen LogP contribution in [0.1, 0.15) is 26.0 Å². The Bertz CT molecular complexity index is 417. The minimum absolute atomic E-state index is 0.721. The summed E-state index contributed by atoms with van der Waals surface area (Å²) in [5.74, 6) is 0.721. The van der Waals surface area contributed by atoms with Crippen LogP contribution in [0.2, 0.25) is 0 Å². The second kappa shape index (κ2) is 3.82. The van der Waals surface area contributed by atoms with Crippen LogP contribution in [0, 0.1) is 5.92 Å². The van der Waals surface area contributed by atoms with Gasteiger partial charge in [-0.25, -0.2) is 0 Å². The molecule has 2 heteroatoms. The van der Waals surface area contributed by atoms with Crippen LogP contribution in [0.25, 0.3) is 10.9 Å². The van der Waals surface area contributed by atoms with E-state index in [1.165, 1.54) is 17.5 Å². The van der Waals surface area contributed by atoms with Gasteiger partial charge < -0.3 is 0 Å². The van der Waals surface area contributed by atoms with E-state index in [0.717, 1.165) is 17.9 Å². The van der Waals surface area contributed by atoms with Crippen LogP contribution >= 0.6 is 0 Å². The fraction of sp³-hybridized carbons (Fsp3) is 0.417. The van der Waals surface area contributed by atoms with Crippen LogP contribution < -0.4 is 0 Å². The van der Waals surface area contributed by atoms with Gasteiger partial charge in [0.2, 0.25) is 0 Å². The normalized spacial score (nSPS) is 13.3. The Morgan fingerprint density at radius 1 is 1.36 bits per heavy atom. The van der Waals surface area contributed by atoms with E-state index in [-0.39, 0.29) is 0 Å². The van der Waals surface area contributed by atoms with Crippen LogP contribution in [-0.4, -0.2) is 10.2 Å². The van der Waals surface area contributed by atoms with E-state index < -0.39 is 0 Å². The average Bonchev–Trinajstić information content (AvgIpc) is 2.62. The van der Waals surface area contributed by atoms with Gasteiger partial charge in [0.1, 0.15) is 0 Å². The second-order valence-corrected chi connectivity index (χ2v) is 3.94. The van der Waals surface area contributed by atoms with Crippen molar-refractivity contribution in [2.75, 3.05) is 0 Å². The molecule has 0 aliphatic rings. The van der Waals surface area contributed by atoms with Crippen LogP contribution in [0.3, 0.4) is 0 Å². The van der Waals surface area contributed by atoms with Crippen LogP contribution in [0.5, 0.6) is 0 Å². The van der Waals surface area contributed by atoms with E-state index >= 15 is 0 Å². The summed E-state index contributed by atoms with van der Waals surface area (Å²) < 4.78 is 0. The third-order valence-electron chi connectivity index (χ3n) is 2.79. The number of benzene rings is 1. The number of aromatic nitrogens is 2. The van der Waals surface area contributed by atoms with Crippen molar-refractivity contribution in [3.05, 3.63) is 30.0 Å². The van der Waals surface area contributed by atoms with Crippen molar-refractivity contribution in [2.24, 2.45) is 5.92 Å². The highest BCUT2D eigenvalue weighted by Gasteiger charge is 2.07. The van der Waals surface area contributed by atoms with E-state index in [2.05, 4.69) is 36.2 Å². The minimum atomic E-state index is 0.721. The lowest BCUT2D eigenvalue weighted by Crippen LogP contribution is -1.98. The lowest BCUT2D eigenvalue weighted by molar-refractivity contribution is 0.553. The molecular weight excluding hydrogens is 172 g/mol. The number of hydrogen-bond acceptors (Lipinski definition) is 1. The summed E-state index contributed by atoms with van der Waals surface area (Å²) in [4.78, 5) is 0.